The molecule has 1 saturated carbocycles. The molecular formula is C15H10BrF11O. The van der Waals surface area contributed by atoms with Gasteiger partial charge in [0.1, 0.15) is 0 Å². The number of hydrogen-bond donors (Lipinski definition) is 1. The van der Waals surface area contributed by atoms with Crippen molar-refractivity contribution in [3.63, 3.8) is 0 Å². The van der Waals surface area contributed by atoms with Gasteiger partial charge >= 0.3 is 29.6 Å². The van der Waals surface area contributed by atoms with Crippen molar-refractivity contribution in [2.75, 3.05) is 0 Å². The largest absolute Gasteiger partial charge is 0.385 e. The van der Waals surface area contributed by atoms with Crippen LogP contribution in [0.3, 0.4) is 0 Å². The quantitative estimate of drug-likeness (QED) is 0.515. The van der Waals surface area contributed by atoms with Crippen LogP contribution < -0.4 is 0 Å². The van der Waals surface area contributed by atoms with Crippen LogP contribution in [0, 0.1) is 0 Å². The average molecular weight is 495 g/mol. The predicted molar refractivity (Wildman–Crippen MR) is 76.9 cm³/mol. The molecule has 1 aliphatic rings. The number of alkyl halides is 11. The normalized spacial score (nSPS) is 28.4. The molecule has 0 heterocycles. The number of aliphatic hydroxyl groups is 1. The van der Waals surface area contributed by atoms with Gasteiger partial charge in [0.2, 0.25) is 0 Å². The van der Waals surface area contributed by atoms with Crippen LogP contribution in [-0.2, 0) is 5.60 Å². The molecule has 0 bridgehead atoms. The van der Waals surface area contributed by atoms with Crippen LogP contribution in [0.5, 0.6) is 0 Å². The third kappa shape index (κ3) is 2.53. The van der Waals surface area contributed by atoms with Crippen molar-refractivity contribution >= 4 is 15.9 Å². The van der Waals surface area contributed by atoms with Crippen LogP contribution in [0.4, 0.5) is 48.3 Å². The van der Waals surface area contributed by atoms with Gasteiger partial charge in [-0.1, -0.05) is 28.1 Å². The Kier molecular flexibility index (Phi) is 4.93. The summed E-state index contributed by atoms with van der Waals surface area (Å²) in [6.45, 7) is 0.409. The van der Waals surface area contributed by atoms with Crippen LogP contribution >= 0.6 is 15.9 Å². The van der Waals surface area contributed by atoms with E-state index in [1.807, 2.05) is 0 Å². The zero-order valence-corrected chi connectivity index (χ0v) is 15.1. The van der Waals surface area contributed by atoms with Crippen molar-refractivity contribution in [1.29, 1.82) is 0 Å². The van der Waals surface area contributed by atoms with Crippen molar-refractivity contribution in [3.8, 4) is 0 Å². The molecule has 28 heavy (non-hydrogen) atoms. The minimum Gasteiger partial charge on any atom is -0.385 e. The number of halogens is 12. The zero-order valence-electron chi connectivity index (χ0n) is 13.5. The lowest BCUT2D eigenvalue weighted by molar-refractivity contribution is -0.488. The second kappa shape index (κ2) is 5.96. The van der Waals surface area contributed by atoms with Crippen molar-refractivity contribution < 1.29 is 53.4 Å². The molecule has 0 radical (unpaired) electrons. The monoisotopic (exact) mass is 494 g/mol. The molecule has 0 aliphatic heterocycles. The predicted octanol–water partition coefficient (Wildman–Crippen LogP) is 5.95. The molecule has 1 aromatic carbocycles. The summed E-state index contributed by atoms with van der Waals surface area (Å²) < 4.78 is 151. The Bertz CT molecular complexity index is 728. The molecule has 0 spiro atoms. The van der Waals surface area contributed by atoms with E-state index in [1.165, 1.54) is 0 Å². The summed E-state index contributed by atoms with van der Waals surface area (Å²) in [5.41, 5.74) is -9.96. The fourth-order valence-electron chi connectivity index (χ4n) is 2.89. The second-order valence-electron chi connectivity index (χ2n) is 6.63. The molecule has 160 valence electrons. The van der Waals surface area contributed by atoms with E-state index in [2.05, 4.69) is 15.9 Å². The average Bonchev–Trinajstić information content (AvgIpc) is 2.52. The van der Waals surface area contributed by atoms with E-state index >= 15 is 0 Å². The Morgan fingerprint density at radius 3 is 1.39 bits per heavy atom. The summed E-state index contributed by atoms with van der Waals surface area (Å²) >= 11 is 2.92. The molecule has 1 atom stereocenters. The molecule has 0 aromatic heterocycles. The van der Waals surface area contributed by atoms with Gasteiger partial charge in [-0.3, -0.25) is 0 Å². The van der Waals surface area contributed by atoms with Gasteiger partial charge in [-0.2, -0.15) is 43.9 Å². The first-order valence-electron chi connectivity index (χ1n) is 7.27. The Morgan fingerprint density at radius 1 is 0.714 bits per heavy atom. The summed E-state index contributed by atoms with van der Waals surface area (Å²) in [5, 5.41) is 10.1. The summed E-state index contributed by atoms with van der Waals surface area (Å²) in [5.74, 6) is -35.6. The van der Waals surface area contributed by atoms with Crippen molar-refractivity contribution in [1.82, 2.24) is 0 Å². The van der Waals surface area contributed by atoms with Gasteiger partial charge < -0.3 is 5.11 Å². The molecule has 1 aromatic rings. The van der Waals surface area contributed by atoms with E-state index in [1.54, 1.807) is 0 Å². The summed E-state index contributed by atoms with van der Waals surface area (Å²) in [6.07, 6.45) is -2.73. The van der Waals surface area contributed by atoms with E-state index in [4.69, 9.17) is 0 Å². The Morgan fingerprint density at radius 2 is 1.04 bits per heavy atom. The number of rotatable bonds is 3. The van der Waals surface area contributed by atoms with Gasteiger partial charge in [0.05, 0.1) is 5.60 Å². The smallest absolute Gasteiger partial charge is 0.384 e. The molecule has 0 amide bonds. The van der Waals surface area contributed by atoms with E-state index < -0.39 is 52.9 Å². The molecule has 1 aliphatic carbocycles. The molecule has 2 rings (SSSR count). The van der Waals surface area contributed by atoms with Crippen molar-refractivity contribution in [2.24, 2.45) is 0 Å². The summed E-state index contributed by atoms with van der Waals surface area (Å²) in [7, 11) is 0. The lowest BCUT2D eigenvalue weighted by Gasteiger charge is -2.53. The third-order valence-corrected chi connectivity index (χ3v) is 5.16. The molecule has 0 saturated heterocycles. The lowest BCUT2D eigenvalue weighted by Crippen LogP contribution is -2.84. The molecule has 1 fully saturated rings. The minimum atomic E-state index is -7.27. The Labute approximate surface area is 158 Å². The van der Waals surface area contributed by atoms with Gasteiger partial charge in [0.15, 0.2) is 0 Å². The fraction of sp³-hybridized carbons (Fsp3) is 0.600. The highest BCUT2D eigenvalue weighted by Crippen LogP contribution is 2.71. The Balaban J connectivity index is 2.70. The molecular weight excluding hydrogens is 485 g/mol. The van der Waals surface area contributed by atoms with E-state index in [0.29, 0.717) is 11.4 Å². The van der Waals surface area contributed by atoms with Crippen LogP contribution in [0.1, 0.15) is 18.9 Å². The minimum absolute atomic E-state index is 0.313. The first kappa shape index (κ1) is 23.2. The first-order valence-corrected chi connectivity index (χ1v) is 8.06. The molecule has 1 N–H and O–H groups in total. The van der Waals surface area contributed by atoms with Gasteiger partial charge in [-0.05, 0) is 24.6 Å². The van der Waals surface area contributed by atoms with Crippen molar-refractivity contribution in [2.45, 2.75) is 54.2 Å². The van der Waals surface area contributed by atoms with Crippen LogP contribution in [0.15, 0.2) is 28.7 Å². The van der Waals surface area contributed by atoms with Crippen molar-refractivity contribution in [3.05, 3.63) is 34.3 Å². The van der Waals surface area contributed by atoms with Gasteiger partial charge in [0.25, 0.3) is 5.67 Å². The Hall–Kier alpha value is -1.11. The first-order chi connectivity index (χ1) is 12.2. The zero-order chi connectivity index (χ0) is 22.2. The van der Waals surface area contributed by atoms with E-state index in [-0.39, 0.29) is 0 Å². The highest BCUT2D eigenvalue weighted by atomic mass is 79.9. The fourth-order valence-corrected chi connectivity index (χ4v) is 3.16. The standard InChI is InChI=1S/C15H10BrF11O/c1-9(28,7-2-4-8(16)5-3-7)6-10(17)11(18,19)13(22,23)15(26,27)14(24,25)12(10,20)21/h2-5,28H,6H2,1H3. The molecule has 1 unspecified atom stereocenters. The lowest BCUT2D eigenvalue weighted by atomic mass is 9.67. The highest BCUT2D eigenvalue weighted by molar-refractivity contribution is 9.10. The van der Waals surface area contributed by atoms with Gasteiger partial charge in [-0.25, -0.2) is 4.39 Å². The maximum absolute atomic E-state index is 14.8. The summed E-state index contributed by atoms with van der Waals surface area (Å²) in [6, 6.07) is 3.97. The number of hydrogen-bond acceptors (Lipinski definition) is 1. The third-order valence-electron chi connectivity index (χ3n) is 4.63. The second-order valence-corrected chi connectivity index (χ2v) is 7.55. The maximum atomic E-state index is 14.8. The topological polar surface area (TPSA) is 20.2 Å². The maximum Gasteiger partial charge on any atom is 0.384 e. The highest BCUT2D eigenvalue weighted by Gasteiger charge is 3.01. The van der Waals surface area contributed by atoms with Gasteiger partial charge in [-0.15, -0.1) is 0 Å². The van der Waals surface area contributed by atoms with Gasteiger partial charge in [0, 0.05) is 10.9 Å². The van der Waals surface area contributed by atoms with E-state index in [0.717, 1.165) is 24.3 Å². The summed E-state index contributed by atoms with van der Waals surface area (Å²) in [4.78, 5) is 0. The molecule has 1 nitrogen and oxygen atoms in total. The van der Waals surface area contributed by atoms with E-state index in [9.17, 15) is 53.4 Å². The number of benzene rings is 1. The van der Waals surface area contributed by atoms with Crippen LogP contribution in [-0.4, -0.2) is 40.4 Å². The SMILES string of the molecule is CC(O)(CC1(F)C(F)(F)C(F)(F)C(F)(F)C(F)(F)C1(F)F)c1ccc(Br)cc1. The molecule has 13 heteroatoms. The van der Waals surface area contributed by atoms with Crippen LogP contribution in [0.25, 0.3) is 0 Å². The van der Waals surface area contributed by atoms with Crippen LogP contribution in [0.2, 0.25) is 0 Å².